The summed E-state index contributed by atoms with van der Waals surface area (Å²) in [6.07, 6.45) is 1.68. The molecule has 0 aliphatic heterocycles. The van der Waals surface area contributed by atoms with Crippen molar-refractivity contribution < 1.29 is 9.47 Å². The zero-order valence-corrected chi connectivity index (χ0v) is 12.0. The van der Waals surface area contributed by atoms with E-state index in [-0.39, 0.29) is 0 Å². The molecular formula is C13H14BrN3O2. The van der Waals surface area contributed by atoms with Gasteiger partial charge in [0.15, 0.2) is 0 Å². The molecule has 0 saturated heterocycles. The van der Waals surface area contributed by atoms with E-state index < -0.39 is 0 Å². The first-order valence-corrected chi connectivity index (χ1v) is 6.40. The van der Waals surface area contributed by atoms with E-state index >= 15 is 0 Å². The van der Waals surface area contributed by atoms with Gasteiger partial charge in [0.25, 0.3) is 0 Å². The van der Waals surface area contributed by atoms with Crippen molar-refractivity contribution in [3.63, 3.8) is 0 Å². The number of halogens is 1. The second kappa shape index (κ2) is 6.40. The molecule has 0 unspecified atom stereocenters. The molecular weight excluding hydrogens is 310 g/mol. The van der Waals surface area contributed by atoms with Crippen molar-refractivity contribution in [1.82, 2.24) is 4.98 Å². The van der Waals surface area contributed by atoms with Gasteiger partial charge < -0.3 is 14.9 Å². The Kier molecular flexibility index (Phi) is 4.59. The third-order valence-electron chi connectivity index (χ3n) is 2.50. The van der Waals surface area contributed by atoms with Crippen LogP contribution in [0.1, 0.15) is 5.69 Å². The van der Waals surface area contributed by atoms with Crippen molar-refractivity contribution in [3.8, 4) is 11.5 Å². The molecule has 19 heavy (non-hydrogen) atoms. The first kappa shape index (κ1) is 13.6. The molecule has 1 aromatic carbocycles. The van der Waals surface area contributed by atoms with Crippen LogP contribution in [0.5, 0.6) is 11.5 Å². The van der Waals surface area contributed by atoms with Crippen molar-refractivity contribution >= 4 is 21.6 Å². The topological polar surface area (TPSA) is 69.4 Å². The molecule has 0 saturated carbocycles. The molecule has 6 heteroatoms. The Hall–Kier alpha value is -1.79. The van der Waals surface area contributed by atoms with Crippen LogP contribution in [0.25, 0.3) is 0 Å². The summed E-state index contributed by atoms with van der Waals surface area (Å²) in [5.41, 5.74) is 4.15. The summed E-state index contributed by atoms with van der Waals surface area (Å²) in [5.74, 6) is 6.84. The molecule has 0 aliphatic carbocycles. The van der Waals surface area contributed by atoms with E-state index in [0.717, 1.165) is 27.4 Å². The molecule has 0 fully saturated rings. The van der Waals surface area contributed by atoms with Crippen molar-refractivity contribution in [3.05, 3.63) is 46.7 Å². The zero-order valence-electron chi connectivity index (χ0n) is 10.4. The Morgan fingerprint density at radius 1 is 1.32 bits per heavy atom. The number of nitrogens with zero attached hydrogens (tertiary/aromatic N) is 1. The molecule has 1 heterocycles. The second-order valence-electron chi connectivity index (χ2n) is 3.77. The lowest BCUT2D eigenvalue weighted by Crippen LogP contribution is -2.08. The number of anilines is 1. The normalized spacial score (nSPS) is 10.1. The third-order valence-corrected chi connectivity index (χ3v) is 3.12. The molecule has 5 nitrogen and oxygen atoms in total. The summed E-state index contributed by atoms with van der Waals surface area (Å²) in [4.78, 5) is 4.21. The second-order valence-corrected chi connectivity index (χ2v) is 4.62. The summed E-state index contributed by atoms with van der Waals surface area (Å²) in [6, 6.07) is 9.14. The van der Waals surface area contributed by atoms with Crippen LogP contribution in [0.2, 0.25) is 0 Å². The molecule has 0 aliphatic rings. The van der Waals surface area contributed by atoms with Crippen LogP contribution in [0.15, 0.2) is 41.0 Å². The maximum Gasteiger partial charge on any atom is 0.134 e. The number of hydrogen-bond acceptors (Lipinski definition) is 5. The minimum absolute atomic E-state index is 0.362. The maximum atomic E-state index is 5.69. The first-order valence-electron chi connectivity index (χ1n) is 5.61. The van der Waals surface area contributed by atoms with Crippen LogP contribution >= 0.6 is 15.9 Å². The van der Waals surface area contributed by atoms with Gasteiger partial charge in [-0.1, -0.05) is 0 Å². The Balaban J connectivity index is 2.05. The predicted octanol–water partition coefficient (Wildman–Crippen LogP) is 2.72. The van der Waals surface area contributed by atoms with Crippen LogP contribution in [0, 0.1) is 0 Å². The zero-order chi connectivity index (χ0) is 13.7. The van der Waals surface area contributed by atoms with E-state index in [0.29, 0.717) is 6.61 Å². The smallest absolute Gasteiger partial charge is 0.134 e. The van der Waals surface area contributed by atoms with Gasteiger partial charge in [-0.05, 0) is 46.3 Å². The Labute approximate surface area is 119 Å². The molecule has 100 valence electrons. The molecule has 0 bridgehead atoms. The number of nitrogen functional groups attached to an aromatic ring is 1. The van der Waals surface area contributed by atoms with Crippen LogP contribution in [-0.2, 0) is 6.61 Å². The summed E-state index contributed by atoms with van der Waals surface area (Å²) in [7, 11) is 1.62. The fourth-order valence-electron chi connectivity index (χ4n) is 1.52. The Bertz CT molecular complexity index is 563. The molecule has 0 amide bonds. The van der Waals surface area contributed by atoms with E-state index in [1.165, 1.54) is 0 Å². The SMILES string of the molecule is COc1ccc(OCc2cc(NN)ccn2)c(Br)c1. The number of pyridine rings is 1. The molecule has 1 aromatic heterocycles. The van der Waals surface area contributed by atoms with Crippen molar-refractivity contribution in [1.29, 1.82) is 0 Å². The number of nitrogens with one attached hydrogen (secondary N) is 1. The lowest BCUT2D eigenvalue weighted by Gasteiger charge is -2.09. The molecule has 0 atom stereocenters. The Morgan fingerprint density at radius 2 is 2.16 bits per heavy atom. The monoisotopic (exact) mass is 323 g/mol. The molecule has 3 N–H and O–H groups in total. The van der Waals surface area contributed by atoms with Crippen LogP contribution in [-0.4, -0.2) is 12.1 Å². The number of nitrogens with two attached hydrogens (primary N) is 1. The van der Waals surface area contributed by atoms with Gasteiger partial charge in [0.05, 0.1) is 23.0 Å². The molecule has 0 radical (unpaired) electrons. The highest BCUT2D eigenvalue weighted by atomic mass is 79.9. The average molecular weight is 324 g/mol. The lowest BCUT2D eigenvalue weighted by molar-refractivity contribution is 0.298. The highest BCUT2D eigenvalue weighted by Crippen LogP contribution is 2.29. The highest BCUT2D eigenvalue weighted by molar-refractivity contribution is 9.10. The lowest BCUT2D eigenvalue weighted by atomic mass is 10.3. The number of ether oxygens (including phenoxy) is 2. The van der Waals surface area contributed by atoms with Crippen LogP contribution in [0.3, 0.4) is 0 Å². The minimum Gasteiger partial charge on any atom is -0.497 e. The number of hydrogen-bond donors (Lipinski definition) is 2. The van der Waals surface area contributed by atoms with E-state index in [4.69, 9.17) is 15.3 Å². The van der Waals surface area contributed by atoms with Gasteiger partial charge in [0, 0.05) is 6.20 Å². The molecule has 2 aromatic rings. The van der Waals surface area contributed by atoms with Gasteiger partial charge in [-0.25, -0.2) is 0 Å². The number of benzene rings is 1. The maximum absolute atomic E-state index is 5.69. The van der Waals surface area contributed by atoms with Gasteiger partial charge in [-0.15, -0.1) is 0 Å². The number of hydrazine groups is 1. The van der Waals surface area contributed by atoms with E-state index in [1.54, 1.807) is 19.4 Å². The molecule has 0 spiro atoms. The highest BCUT2D eigenvalue weighted by Gasteiger charge is 2.04. The number of rotatable bonds is 5. The predicted molar refractivity (Wildman–Crippen MR) is 77.1 cm³/mol. The largest absolute Gasteiger partial charge is 0.497 e. The van der Waals surface area contributed by atoms with E-state index in [2.05, 4.69) is 26.3 Å². The number of methoxy groups -OCH3 is 1. The van der Waals surface area contributed by atoms with Crippen LogP contribution < -0.4 is 20.7 Å². The molecule has 2 rings (SSSR count). The van der Waals surface area contributed by atoms with E-state index in [9.17, 15) is 0 Å². The standard InChI is InChI=1S/C13H14BrN3O2/c1-18-11-2-3-13(12(14)7-11)19-8-10-6-9(17-15)4-5-16-10/h2-7H,8,15H2,1H3,(H,16,17). The average Bonchev–Trinajstić information content (AvgIpc) is 2.46. The summed E-state index contributed by atoms with van der Waals surface area (Å²) in [5, 5.41) is 0. The fraction of sp³-hybridized carbons (Fsp3) is 0.154. The van der Waals surface area contributed by atoms with Gasteiger partial charge >= 0.3 is 0 Å². The van der Waals surface area contributed by atoms with Gasteiger partial charge in [0.2, 0.25) is 0 Å². The summed E-state index contributed by atoms with van der Waals surface area (Å²) in [6.45, 7) is 0.362. The van der Waals surface area contributed by atoms with Gasteiger partial charge in [0.1, 0.15) is 18.1 Å². The third kappa shape index (κ3) is 3.59. The minimum atomic E-state index is 0.362. The summed E-state index contributed by atoms with van der Waals surface area (Å²) < 4.78 is 11.6. The van der Waals surface area contributed by atoms with Crippen molar-refractivity contribution in [2.24, 2.45) is 5.84 Å². The Morgan fingerprint density at radius 3 is 2.84 bits per heavy atom. The van der Waals surface area contributed by atoms with Crippen LogP contribution in [0.4, 0.5) is 5.69 Å². The van der Waals surface area contributed by atoms with Crippen molar-refractivity contribution in [2.45, 2.75) is 6.61 Å². The first-order chi connectivity index (χ1) is 9.22. The summed E-state index contributed by atoms with van der Waals surface area (Å²) >= 11 is 3.43. The van der Waals surface area contributed by atoms with E-state index in [1.807, 2.05) is 24.3 Å². The number of aromatic nitrogens is 1. The quantitative estimate of drug-likeness (QED) is 0.654. The van der Waals surface area contributed by atoms with Crippen molar-refractivity contribution in [2.75, 3.05) is 12.5 Å². The fourth-order valence-corrected chi connectivity index (χ4v) is 2.00. The van der Waals surface area contributed by atoms with Gasteiger partial charge in [-0.2, -0.15) is 0 Å². The van der Waals surface area contributed by atoms with Gasteiger partial charge in [-0.3, -0.25) is 10.8 Å².